The van der Waals surface area contributed by atoms with Gasteiger partial charge in [-0.1, -0.05) is 18.6 Å². The first-order valence-corrected chi connectivity index (χ1v) is 4.70. The van der Waals surface area contributed by atoms with Crippen LogP contribution in [0.4, 0.5) is 0 Å². The van der Waals surface area contributed by atoms with E-state index >= 15 is 0 Å². The molecule has 1 aliphatic rings. The summed E-state index contributed by atoms with van der Waals surface area (Å²) in [5.74, 6) is 0.587. The molecule has 2 nitrogen and oxygen atoms in total. The van der Waals surface area contributed by atoms with Crippen molar-refractivity contribution >= 4 is 0 Å². The lowest BCUT2D eigenvalue weighted by molar-refractivity contribution is 0.0450. The summed E-state index contributed by atoms with van der Waals surface area (Å²) < 4.78 is 5.69. The fraction of sp³-hybridized carbons (Fsp3) is 0.800. The van der Waals surface area contributed by atoms with E-state index in [2.05, 4.69) is 6.58 Å². The minimum Gasteiger partial charge on any atom is -0.374 e. The average molecular weight is 169 g/mol. The Morgan fingerprint density at radius 2 is 2.33 bits per heavy atom. The molecule has 1 aliphatic carbocycles. The Kier molecular flexibility index (Phi) is 3.76. The van der Waals surface area contributed by atoms with Crippen LogP contribution >= 0.6 is 0 Å². The molecule has 0 aromatic rings. The Labute approximate surface area is 74.8 Å². The Morgan fingerprint density at radius 3 is 2.92 bits per heavy atom. The normalized spacial score (nSPS) is 29.2. The standard InChI is InChI=1S/C10H19NO/c1-8(2)7-12-10-5-3-4-9(10)6-11/h9-10H,1,3-7,11H2,2H3. The van der Waals surface area contributed by atoms with Gasteiger partial charge in [-0.15, -0.1) is 0 Å². The number of hydrogen-bond acceptors (Lipinski definition) is 2. The lowest BCUT2D eigenvalue weighted by atomic mass is 10.1. The van der Waals surface area contributed by atoms with Crippen LogP contribution in [0.2, 0.25) is 0 Å². The molecule has 0 saturated heterocycles. The first-order chi connectivity index (χ1) is 5.74. The van der Waals surface area contributed by atoms with Crippen LogP contribution in [0.25, 0.3) is 0 Å². The maximum absolute atomic E-state index is 5.69. The summed E-state index contributed by atoms with van der Waals surface area (Å²) in [4.78, 5) is 0. The molecule has 2 unspecified atom stereocenters. The Hall–Kier alpha value is -0.340. The number of hydrogen-bond donors (Lipinski definition) is 1. The van der Waals surface area contributed by atoms with E-state index in [0.717, 1.165) is 12.1 Å². The second kappa shape index (κ2) is 4.63. The van der Waals surface area contributed by atoms with Gasteiger partial charge in [-0.05, 0) is 32.2 Å². The van der Waals surface area contributed by atoms with Gasteiger partial charge in [0.2, 0.25) is 0 Å². The zero-order valence-electron chi connectivity index (χ0n) is 7.88. The molecule has 1 fully saturated rings. The third kappa shape index (κ3) is 2.61. The monoisotopic (exact) mass is 169 g/mol. The molecule has 0 radical (unpaired) electrons. The van der Waals surface area contributed by atoms with Crippen molar-refractivity contribution in [3.63, 3.8) is 0 Å². The third-order valence-electron chi connectivity index (χ3n) is 2.44. The van der Waals surface area contributed by atoms with Crippen molar-refractivity contribution in [2.24, 2.45) is 11.7 Å². The highest BCUT2D eigenvalue weighted by molar-refractivity contribution is 4.89. The maximum Gasteiger partial charge on any atom is 0.0675 e. The summed E-state index contributed by atoms with van der Waals surface area (Å²) in [7, 11) is 0. The quantitative estimate of drug-likeness (QED) is 0.650. The van der Waals surface area contributed by atoms with Crippen LogP contribution in [0.3, 0.4) is 0 Å². The first-order valence-electron chi connectivity index (χ1n) is 4.70. The van der Waals surface area contributed by atoms with Crippen molar-refractivity contribution in [3.8, 4) is 0 Å². The molecule has 2 atom stereocenters. The third-order valence-corrected chi connectivity index (χ3v) is 2.44. The highest BCUT2D eigenvalue weighted by Crippen LogP contribution is 2.27. The predicted octanol–water partition coefficient (Wildman–Crippen LogP) is 1.71. The minimum atomic E-state index is 0.395. The van der Waals surface area contributed by atoms with Gasteiger partial charge < -0.3 is 10.5 Å². The van der Waals surface area contributed by atoms with E-state index < -0.39 is 0 Å². The largest absolute Gasteiger partial charge is 0.374 e. The molecule has 1 saturated carbocycles. The molecular formula is C10H19NO. The predicted molar refractivity (Wildman–Crippen MR) is 50.9 cm³/mol. The topological polar surface area (TPSA) is 35.2 Å². The van der Waals surface area contributed by atoms with Crippen LogP contribution < -0.4 is 5.73 Å². The summed E-state index contributed by atoms with van der Waals surface area (Å²) >= 11 is 0. The van der Waals surface area contributed by atoms with Crippen molar-refractivity contribution in [2.45, 2.75) is 32.3 Å². The highest BCUT2D eigenvalue weighted by atomic mass is 16.5. The van der Waals surface area contributed by atoms with Gasteiger partial charge in [0.25, 0.3) is 0 Å². The summed E-state index contributed by atoms with van der Waals surface area (Å²) in [6.45, 7) is 7.26. The van der Waals surface area contributed by atoms with Crippen LogP contribution in [0.15, 0.2) is 12.2 Å². The van der Waals surface area contributed by atoms with Gasteiger partial charge in [0.1, 0.15) is 0 Å². The zero-order valence-corrected chi connectivity index (χ0v) is 7.88. The van der Waals surface area contributed by atoms with Crippen molar-refractivity contribution in [1.82, 2.24) is 0 Å². The van der Waals surface area contributed by atoms with Gasteiger partial charge in [-0.2, -0.15) is 0 Å². The molecule has 12 heavy (non-hydrogen) atoms. The fourth-order valence-electron chi connectivity index (χ4n) is 1.74. The van der Waals surface area contributed by atoms with Crippen molar-refractivity contribution in [1.29, 1.82) is 0 Å². The van der Waals surface area contributed by atoms with E-state index in [-0.39, 0.29) is 0 Å². The minimum absolute atomic E-state index is 0.395. The van der Waals surface area contributed by atoms with Gasteiger partial charge in [-0.3, -0.25) is 0 Å². The lowest BCUT2D eigenvalue weighted by Gasteiger charge is -2.18. The molecule has 2 heteroatoms. The Morgan fingerprint density at radius 1 is 1.58 bits per heavy atom. The van der Waals surface area contributed by atoms with E-state index in [0.29, 0.717) is 18.6 Å². The highest BCUT2D eigenvalue weighted by Gasteiger charge is 2.26. The maximum atomic E-state index is 5.69. The van der Waals surface area contributed by atoms with E-state index in [9.17, 15) is 0 Å². The van der Waals surface area contributed by atoms with Crippen LogP contribution in [0, 0.1) is 5.92 Å². The van der Waals surface area contributed by atoms with Gasteiger partial charge in [-0.25, -0.2) is 0 Å². The molecule has 0 bridgehead atoms. The summed E-state index contributed by atoms with van der Waals surface area (Å²) in [6.07, 6.45) is 4.07. The summed E-state index contributed by atoms with van der Waals surface area (Å²) in [5.41, 5.74) is 6.72. The molecule has 0 amide bonds. The second-order valence-electron chi connectivity index (χ2n) is 3.73. The van der Waals surface area contributed by atoms with Gasteiger partial charge in [0.05, 0.1) is 12.7 Å². The van der Waals surface area contributed by atoms with E-state index in [1.165, 1.54) is 19.3 Å². The summed E-state index contributed by atoms with van der Waals surface area (Å²) in [6, 6.07) is 0. The number of nitrogens with two attached hydrogens (primary N) is 1. The average Bonchev–Trinajstić information content (AvgIpc) is 2.47. The van der Waals surface area contributed by atoms with Gasteiger partial charge >= 0.3 is 0 Å². The fourth-order valence-corrected chi connectivity index (χ4v) is 1.74. The van der Waals surface area contributed by atoms with Crippen molar-refractivity contribution in [2.75, 3.05) is 13.2 Å². The number of rotatable bonds is 4. The molecule has 2 N–H and O–H groups in total. The molecular weight excluding hydrogens is 150 g/mol. The van der Waals surface area contributed by atoms with Gasteiger partial charge in [0, 0.05) is 0 Å². The Balaban J connectivity index is 2.26. The first kappa shape index (κ1) is 9.75. The molecule has 0 aliphatic heterocycles. The van der Waals surface area contributed by atoms with Gasteiger partial charge in [0.15, 0.2) is 0 Å². The van der Waals surface area contributed by atoms with Crippen LogP contribution in [-0.4, -0.2) is 19.3 Å². The molecule has 1 rings (SSSR count). The summed E-state index contributed by atoms with van der Waals surface area (Å²) in [5, 5.41) is 0. The van der Waals surface area contributed by atoms with E-state index in [1.807, 2.05) is 6.92 Å². The zero-order chi connectivity index (χ0) is 8.97. The van der Waals surface area contributed by atoms with Crippen molar-refractivity contribution < 1.29 is 4.74 Å². The molecule has 70 valence electrons. The van der Waals surface area contributed by atoms with E-state index in [4.69, 9.17) is 10.5 Å². The second-order valence-corrected chi connectivity index (χ2v) is 3.73. The van der Waals surface area contributed by atoms with Crippen LogP contribution in [-0.2, 0) is 4.74 Å². The van der Waals surface area contributed by atoms with E-state index in [1.54, 1.807) is 0 Å². The van der Waals surface area contributed by atoms with Crippen LogP contribution in [0.1, 0.15) is 26.2 Å². The van der Waals surface area contributed by atoms with Crippen LogP contribution in [0.5, 0.6) is 0 Å². The lowest BCUT2D eigenvalue weighted by Crippen LogP contribution is -2.25. The van der Waals surface area contributed by atoms with Crippen molar-refractivity contribution in [3.05, 3.63) is 12.2 Å². The molecule has 0 aromatic heterocycles. The SMILES string of the molecule is C=C(C)COC1CCCC1CN. The molecule has 0 aromatic carbocycles. The molecule has 0 spiro atoms. The Bertz CT molecular complexity index is 156. The smallest absolute Gasteiger partial charge is 0.0675 e. The number of ether oxygens (including phenoxy) is 1. The molecule has 0 heterocycles.